The first-order valence-electron chi connectivity index (χ1n) is 7.28. The molecule has 0 spiro atoms. The van der Waals surface area contributed by atoms with Gasteiger partial charge < -0.3 is 16.4 Å². The van der Waals surface area contributed by atoms with Gasteiger partial charge in [0.15, 0.2) is 0 Å². The van der Waals surface area contributed by atoms with Crippen LogP contribution in [-0.2, 0) is 9.59 Å². The highest BCUT2D eigenvalue weighted by atomic mass is 16.2. The fraction of sp³-hybridized carbons (Fsp3) is 0.867. The molecule has 0 aromatic carbocycles. The summed E-state index contributed by atoms with van der Waals surface area (Å²) in [4.78, 5) is 23.7. The molecule has 118 valence electrons. The van der Waals surface area contributed by atoms with E-state index in [1.807, 2.05) is 20.8 Å². The van der Waals surface area contributed by atoms with E-state index in [0.29, 0.717) is 13.0 Å². The zero-order valence-corrected chi connectivity index (χ0v) is 13.8. The lowest BCUT2D eigenvalue weighted by molar-refractivity contribution is -0.129. The molecule has 0 heterocycles. The monoisotopic (exact) mass is 285 g/mol. The van der Waals surface area contributed by atoms with Gasteiger partial charge in [-0.25, -0.2) is 0 Å². The van der Waals surface area contributed by atoms with E-state index >= 15 is 0 Å². The van der Waals surface area contributed by atoms with Gasteiger partial charge in [-0.1, -0.05) is 13.8 Å². The standard InChI is InChI=1S/C15H31N3O2/c1-11(13(20)18-14(2,3)4)17-12(19)7-8-15(5,6)9-10-16/h11H,7-10,16H2,1-6H3,(H,17,19)(H,18,20). The van der Waals surface area contributed by atoms with Crippen LogP contribution in [0.3, 0.4) is 0 Å². The molecule has 0 rings (SSSR count). The number of hydrogen-bond acceptors (Lipinski definition) is 3. The molecule has 5 nitrogen and oxygen atoms in total. The second-order valence-corrected chi connectivity index (χ2v) is 7.23. The van der Waals surface area contributed by atoms with Crippen molar-refractivity contribution < 1.29 is 9.59 Å². The van der Waals surface area contributed by atoms with Crippen LogP contribution < -0.4 is 16.4 Å². The molecule has 0 aliphatic carbocycles. The maximum atomic E-state index is 11.9. The molecule has 5 heteroatoms. The molecular formula is C15H31N3O2. The minimum atomic E-state index is -0.514. The lowest BCUT2D eigenvalue weighted by atomic mass is 9.84. The molecule has 1 unspecified atom stereocenters. The van der Waals surface area contributed by atoms with Gasteiger partial charge in [-0.05, 0) is 52.5 Å². The molecule has 0 radical (unpaired) electrons. The first-order chi connectivity index (χ1) is 8.97. The molecule has 2 amide bonds. The van der Waals surface area contributed by atoms with Gasteiger partial charge in [0, 0.05) is 12.0 Å². The normalized spacial score (nSPS) is 13.8. The third-order valence-corrected chi connectivity index (χ3v) is 3.12. The Hall–Kier alpha value is -1.10. The average Bonchev–Trinajstić information content (AvgIpc) is 2.24. The van der Waals surface area contributed by atoms with Gasteiger partial charge in [-0.2, -0.15) is 0 Å². The topological polar surface area (TPSA) is 84.2 Å². The molecule has 4 N–H and O–H groups in total. The highest BCUT2D eigenvalue weighted by Crippen LogP contribution is 2.25. The van der Waals surface area contributed by atoms with E-state index in [9.17, 15) is 9.59 Å². The lowest BCUT2D eigenvalue weighted by Crippen LogP contribution is -2.50. The van der Waals surface area contributed by atoms with E-state index in [1.54, 1.807) is 6.92 Å². The van der Waals surface area contributed by atoms with E-state index in [4.69, 9.17) is 5.73 Å². The van der Waals surface area contributed by atoms with Gasteiger partial charge in [-0.15, -0.1) is 0 Å². The predicted molar refractivity (Wildman–Crippen MR) is 82.2 cm³/mol. The quantitative estimate of drug-likeness (QED) is 0.663. The summed E-state index contributed by atoms with van der Waals surface area (Å²) in [6.07, 6.45) is 2.07. The average molecular weight is 285 g/mol. The molecule has 0 saturated carbocycles. The largest absolute Gasteiger partial charge is 0.350 e. The molecular weight excluding hydrogens is 254 g/mol. The van der Waals surface area contributed by atoms with Crippen LogP contribution in [-0.4, -0.2) is 29.9 Å². The minimum Gasteiger partial charge on any atom is -0.350 e. The summed E-state index contributed by atoms with van der Waals surface area (Å²) in [7, 11) is 0. The summed E-state index contributed by atoms with van der Waals surface area (Å²) in [6, 6.07) is -0.514. The zero-order chi connectivity index (χ0) is 16.0. The van der Waals surface area contributed by atoms with Crippen LogP contribution in [0.4, 0.5) is 0 Å². The zero-order valence-electron chi connectivity index (χ0n) is 13.8. The third kappa shape index (κ3) is 8.91. The van der Waals surface area contributed by atoms with Crippen LogP contribution in [0.1, 0.15) is 60.8 Å². The molecule has 20 heavy (non-hydrogen) atoms. The highest BCUT2D eigenvalue weighted by Gasteiger charge is 2.22. The molecule has 0 aromatic rings. The van der Waals surface area contributed by atoms with E-state index < -0.39 is 6.04 Å². The van der Waals surface area contributed by atoms with Crippen molar-refractivity contribution in [2.24, 2.45) is 11.1 Å². The van der Waals surface area contributed by atoms with Gasteiger partial charge >= 0.3 is 0 Å². The van der Waals surface area contributed by atoms with Crippen molar-refractivity contribution in [3.05, 3.63) is 0 Å². The second-order valence-electron chi connectivity index (χ2n) is 7.23. The van der Waals surface area contributed by atoms with Crippen LogP contribution in [0, 0.1) is 5.41 Å². The van der Waals surface area contributed by atoms with Gasteiger partial charge in [-0.3, -0.25) is 9.59 Å². The van der Waals surface area contributed by atoms with Crippen LogP contribution in [0.15, 0.2) is 0 Å². The van der Waals surface area contributed by atoms with E-state index in [0.717, 1.165) is 12.8 Å². The van der Waals surface area contributed by atoms with Crippen molar-refractivity contribution in [2.75, 3.05) is 6.54 Å². The summed E-state index contributed by atoms with van der Waals surface area (Å²) < 4.78 is 0. The number of hydrogen-bond donors (Lipinski definition) is 3. The first kappa shape index (κ1) is 18.9. The molecule has 0 bridgehead atoms. The van der Waals surface area contributed by atoms with Crippen molar-refractivity contribution >= 4 is 11.8 Å². The molecule has 0 aliphatic heterocycles. The van der Waals surface area contributed by atoms with Gasteiger partial charge in [0.05, 0.1) is 0 Å². The van der Waals surface area contributed by atoms with Crippen molar-refractivity contribution in [1.82, 2.24) is 10.6 Å². The van der Waals surface area contributed by atoms with Gasteiger partial charge in [0.1, 0.15) is 6.04 Å². The highest BCUT2D eigenvalue weighted by molar-refractivity contribution is 5.87. The number of rotatable bonds is 7. The van der Waals surface area contributed by atoms with Crippen molar-refractivity contribution in [1.29, 1.82) is 0 Å². The Morgan fingerprint density at radius 3 is 2.10 bits per heavy atom. The minimum absolute atomic E-state index is 0.0585. The molecule has 0 saturated heterocycles. The number of carbonyl (C=O) groups excluding carboxylic acids is 2. The van der Waals surface area contributed by atoms with Crippen molar-refractivity contribution in [3.8, 4) is 0 Å². The second kappa shape index (κ2) is 7.62. The van der Waals surface area contributed by atoms with Crippen LogP contribution in [0.2, 0.25) is 0 Å². The summed E-state index contributed by atoms with van der Waals surface area (Å²) in [5, 5.41) is 5.58. The Labute approximate surface area is 123 Å². The Kier molecular flexibility index (Phi) is 7.20. The SMILES string of the molecule is CC(NC(=O)CCC(C)(C)CCN)C(=O)NC(C)(C)C. The number of nitrogens with one attached hydrogen (secondary N) is 2. The molecule has 0 aliphatic rings. The van der Waals surface area contributed by atoms with Crippen LogP contribution in [0.5, 0.6) is 0 Å². The Bertz CT molecular complexity index is 333. The van der Waals surface area contributed by atoms with E-state index in [-0.39, 0.29) is 22.8 Å². The summed E-state index contributed by atoms with van der Waals surface area (Å²) in [6.45, 7) is 12.3. The lowest BCUT2D eigenvalue weighted by Gasteiger charge is -2.25. The summed E-state index contributed by atoms with van der Waals surface area (Å²) in [5.74, 6) is -0.251. The van der Waals surface area contributed by atoms with Crippen LogP contribution in [0.25, 0.3) is 0 Å². The number of amides is 2. The maximum Gasteiger partial charge on any atom is 0.242 e. The Morgan fingerprint density at radius 1 is 1.10 bits per heavy atom. The van der Waals surface area contributed by atoms with Crippen molar-refractivity contribution in [3.63, 3.8) is 0 Å². The molecule has 0 aromatic heterocycles. The summed E-state index contributed by atoms with van der Waals surface area (Å²) in [5.41, 5.74) is 5.31. The maximum absolute atomic E-state index is 11.9. The Balaban J connectivity index is 4.18. The van der Waals surface area contributed by atoms with Gasteiger partial charge in [0.2, 0.25) is 11.8 Å². The predicted octanol–water partition coefficient (Wildman–Crippen LogP) is 1.56. The number of carbonyl (C=O) groups is 2. The number of nitrogens with two attached hydrogens (primary N) is 1. The molecule has 1 atom stereocenters. The molecule has 0 fully saturated rings. The van der Waals surface area contributed by atoms with E-state index in [1.165, 1.54) is 0 Å². The smallest absolute Gasteiger partial charge is 0.242 e. The first-order valence-corrected chi connectivity index (χ1v) is 7.28. The van der Waals surface area contributed by atoms with Crippen LogP contribution >= 0.6 is 0 Å². The van der Waals surface area contributed by atoms with E-state index in [2.05, 4.69) is 24.5 Å². The fourth-order valence-electron chi connectivity index (χ4n) is 1.82. The third-order valence-electron chi connectivity index (χ3n) is 3.12. The Morgan fingerprint density at radius 2 is 1.65 bits per heavy atom. The summed E-state index contributed by atoms with van der Waals surface area (Å²) >= 11 is 0. The van der Waals surface area contributed by atoms with Crippen molar-refractivity contribution in [2.45, 2.75) is 72.4 Å². The van der Waals surface area contributed by atoms with Gasteiger partial charge in [0.25, 0.3) is 0 Å². The fourth-order valence-corrected chi connectivity index (χ4v) is 1.82.